The van der Waals surface area contributed by atoms with Gasteiger partial charge in [-0.2, -0.15) is 4.98 Å². The van der Waals surface area contributed by atoms with E-state index in [-0.39, 0.29) is 11.3 Å². The minimum absolute atomic E-state index is 0.112. The molecule has 1 atom stereocenters. The summed E-state index contributed by atoms with van der Waals surface area (Å²) >= 11 is 0. The maximum atomic E-state index is 5.17. The van der Waals surface area contributed by atoms with E-state index in [0.717, 1.165) is 6.42 Å². The van der Waals surface area contributed by atoms with Crippen molar-refractivity contribution in [3.8, 4) is 0 Å². The van der Waals surface area contributed by atoms with E-state index in [1.165, 1.54) is 0 Å². The Balaban J connectivity index is 2.98. The molecule has 0 amide bonds. The Morgan fingerprint density at radius 1 is 1.57 bits per heavy atom. The zero-order valence-corrected chi connectivity index (χ0v) is 9.37. The molecule has 1 unspecified atom stereocenters. The summed E-state index contributed by atoms with van der Waals surface area (Å²) in [5.41, 5.74) is 0.112. The Kier molecular flexibility index (Phi) is 3.09. The minimum Gasteiger partial charge on any atom is -0.339 e. The number of hydrogen-bond donors (Lipinski definition) is 0. The van der Waals surface area contributed by atoms with Crippen molar-refractivity contribution in [1.29, 1.82) is 0 Å². The molecule has 0 saturated heterocycles. The summed E-state index contributed by atoms with van der Waals surface area (Å²) in [4.78, 5) is 4.25. The lowest BCUT2D eigenvalue weighted by atomic mass is 9.76. The molecule has 0 N–H and O–H groups in total. The third kappa shape index (κ3) is 2.03. The zero-order valence-electron chi connectivity index (χ0n) is 9.37. The van der Waals surface area contributed by atoms with Gasteiger partial charge in [0.05, 0.1) is 5.92 Å². The van der Waals surface area contributed by atoms with Crippen molar-refractivity contribution < 1.29 is 4.52 Å². The molecule has 1 aromatic rings. The number of aryl methyl sites for hydroxylation is 1. The monoisotopic (exact) mass is 194 g/mol. The first-order valence-corrected chi connectivity index (χ1v) is 4.94. The first-order valence-electron chi connectivity index (χ1n) is 4.94. The third-order valence-corrected chi connectivity index (χ3v) is 2.80. The van der Waals surface area contributed by atoms with Crippen LogP contribution in [0, 0.1) is 12.3 Å². The maximum Gasteiger partial charge on any atom is 0.234 e. The fourth-order valence-corrected chi connectivity index (χ4v) is 1.41. The molecule has 0 radical (unpaired) electrons. The van der Waals surface area contributed by atoms with Crippen molar-refractivity contribution in [3.63, 3.8) is 0 Å². The molecule has 0 aliphatic carbocycles. The highest BCUT2D eigenvalue weighted by atomic mass is 16.5. The van der Waals surface area contributed by atoms with Gasteiger partial charge in [-0.25, -0.2) is 0 Å². The second-order valence-corrected chi connectivity index (χ2v) is 4.24. The van der Waals surface area contributed by atoms with E-state index in [1.807, 2.05) is 13.0 Å². The van der Waals surface area contributed by atoms with E-state index < -0.39 is 0 Å². The Bertz CT molecular complexity index is 315. The van der Waals surface area contributed by atoms with Crippen molar-refractivity contribution in [2.24, 2.45) is 5.41 Å². The molecule has 1 rings (SSSR count). The Morgan fingerprint density at radius 3 is 2.57 bits per heavy atom. The molecule has 3 nitrogen and oxygen atoms in total. The summed E-state index contributed by atoms with van der Waals surface area (Å²) in [5.74, 6) is 1.48. The fraction of sp³-hybridized carbons (Fsp3) is 0.636. The molecule has 0 fully saturated rings. The van der Waals surface area contributed by atoms with Crippen LogP contribution in [0.25, 0.3) is 0 Å². The first-order chi connectivity index (χ1) is 6.51. The lowest BCUT2D eigenvalue weighted by Gasteiger charge is -2.28. The predicted molar refractivity (Wildman–Crippen MR) is 56.0 cm³/mol. The maximum absolute atomic E-state index is 5.17. The summed E-state index contributed by atoms with van der Waals surface area (Å²) < 4.78 is 5.17. The molecule has 78 valence electrons. The number of hydrogen-bond acceptors (Lipinski definition) is 3. The van der Waals surface area contributed by atoms with Crippen molar-refractivity contribution in [3.05, 3.63) is 24.4 Å². The number of rotatable bonds is 4. The van der Waals surface area contributed by atoms with Crippen molar-refractivity contribution in [1.82, 2.24) is 10.1 Å². The molecular weight excluding hydrogens is 176 g/mol. The van der Waals surface area contributed by atoms with Crippen LogP contribution in [-0.2, 0) is 0 Å². The Hall–Kier alpha value is -1.12. The van der Waals surface area contributed by atoms with E-state index in [9.17, 15) is 0 Å². The summed E-state index contributed by atoms with van der Waals surface area (Å²) in [6.45, 7) is 12.2. The standard InChI is InChI=1S/C11H18N2O/c1-6-9(11(4,5)7-2)10-12-8(3)13-14-10/h6,9H,1,7H2,2-5H3. The van der Waals surface area contributed by atoms with Gasteiger partial charge >= 0.3 is 0 Å². The van der Waals surface area contributed by atoms with Crippen LogP contribution in [0.3, 0.4) is 0 Å². The van der Waals surface area contributed by atoms with Gasteiger partial charge in [0.25, 0.3) is 0 Å². The van der Waals surface area contributed by atoms with E-state index in [1.54, 1.807) is 0 Å². The van der Waals surface area contributed by atoms with Crippen LogP contribution in [-0.4, -0.2) is 10.1 Å². The summed E-state index contributed by atoms with van der Waals surface area (Å²) in [7, 11) is 0. The highest BCUT2D eigenvalue weighted by Gasteiger charge is 2.30. The molecule has 0 aliphatic heterocycles. The molecule has 0 saturated carbocycles. The van der Waals surface area contributed by atoms with Crippen LogP contribution in [0.2, 0.25) is 0 Å². The van der Waals surface area contributed by atoms with Gasteiger partial charge < -0.3 is 4.52 Å². The summed E-state index contributed by atoms with van der Waals surface area (Å²) in [6.07, 6.45) is 2.93. The summed E-state index contributed by atoms with van der Waals surface area (Å²) in [6, 6.07) is 0. The second kappa shape index (κ2) is 3.95. The van der Waals surface area contributed by atoms with E-state index in [2.05, 4.69) is 37.5 Å². The average molecular weight is 194 g/mol. The molecule has 14 heavy (non-hydrogen) atoms. The molecule has 0 bridgehead atoms. The average Bonchev–Trinajstić information content (AvgIpc) is 2.53. The van der Waals surface area contributed by atoms with Gasteiger partial charge in [-0.3, -0.25) is 0 Å². The third-order valence-electron chi connectivity index (χ3n) is 2.80. The van der Waals surface area contributed by atoms with E-state index in [4.69, 9.17) is 4.52 Å². The SMILES string of the molecule is C=CC(c1nc(C)no1)C(C)(C)CC. The van der Waals surface area contributed by atoms with Crippen LogP contribution < -0.4 is 0 Å². The molecule has 0 aromatic carbocycles. The normalized spacial score (nSPS) is 14.0. The highest BCUT2D eigenvalue weighted by Crippen LogP contribution is 2.38. The highest BCUT2D eigenvalue weighted by molar-refractivity contribution is 5.08. The fourth-order valence-electron chi connectivity index (χ4n) is 1.41. The van der Waals surface area contributed by atoms with Crippen LogP contribution in [0.5, 0.6) is 0 Å². The van der Waals surface area contributed by atoms with Gasteiger partial charge in [-0.15, -0.1) is 6.58 Å². The lowest BCUT2D eigenvalue weighted by molar-refractivity contribution is 0.253. The van der Waals surface area contributed by atoms with Crippen molar-refractivity contribution in [2.75, 3.05) is 0 Å². The van der Waals surface area contributed by atoms with Crippen LogP contribution in [0.1, 0.15) is 44.8 Å². The zero-order chi connectivity index (χ0) is 10.8. The second-order valence-electron chi connectivity index (χ2n) is 4.24. The topological polar surface area (TPSA) is 38.9 Å². The number of aromatic nitrogens is 2. The predicted octanol–water partition coefficient (Wildman–Crippen LogP) is 3.08. The molecule has 3 heteroatoms. The quantitative estimate of drug-likeness (QED) is 0.691. The summed E-state index contributed by atoms with van der Waals surface area (Å²) in [5, 5.41) is 3.80. The van der Waals surface area contributed by atoms with E-state index in [0.29, 0.717) is 11.7 Å². The molecule has 1 heterocycles. The Morgan fingerprint density at radius 2 is 2.21 bits per heavy atom. The van der Waals surface area contributed by atoms with Gasteiger partial charge in [0.15, 0.2) is 5.82 Å². The van der Waals surface area contributed by atoms with Crippen molar-refractivity contribution >= 4 is 0 Å². The van der Waals surface area contributed by atoms with Crippen LogP contribution in [0.15, 0.2) is 17.2 Å². The largest absolute Gasteiger partial charge is 0.339 e. The van der Waals surface area contributed by atoms with Gasteiger partial charge in [-0.1, -0.05) is 32.0 Å². The molecule has 1 aromatic heterocycles. The van der Waals surface area contributed by atoms with E-state index >= 15 is 0 Å². The number of allylic oxidation sites excluding steroid dienone is 1. The molecule has 0 aliphatic rings. The van der Waals surface area contributed by atoms with Crippen LogP contribution >= 0.6 is 0 Å². The van der Waals surface area contributed by atoms with Gasteiger partial charge in [0, 0.05) is 0 Å². The smallest absolute Gasteiger partial charge is 0.234 e. The van der Waals surface area contributed by atoms with Crippen molar-refractivity contribution in [2.45, 2.75) is 40.0 Å². The van der Waals surface area contributed by atoms with Gasteiger partial charge in [0.1, 0.15) is 0 Å². The van der Waals surface area contributed by atoms with Crippen LogP contribution in [0.4, 0.5) is 0 Å². The Labute approximate surface area is 85.2 Å². The first kappa shape index (κ1) is 11.0. The molecular formula is C11H18N2O. The van der Waals surface area contributed by atoms with Gasteiger partial charge in [-0.05, 0) is 18.8 Å². The lowest BCUT2D eigenvalue weighted by Crippen LogP contribution is -2.19. The molecule has 0 spiro atoms. The van der Waals surface area contributed by atoms with Gasteiger partial charge in [0.2, 0.25) is 5.89 Å². The minimum atomic E-state index is 0.112. The number of nitrogens with zero attached hydrogens (tertiary/aromatic N) is 2.